The van der Waals surface area contributed by atoms with Gasteiger partial charge in [0, 0.05) is 50.5 Å². The first-order valence-corrected chi connectivity index (χ1v) is 9.57. The van der Waals surface area contributed by atoms with Crippen LogP contribution in [-0.2, 0) is 11.3 Å². The molecular formula is C18H22F3N7O. The van der Waals surface area contributed by atoms with Gasteiger partial charge in [-0.05, 0) is 13.3 Å². The van der Waals surface area contributed by atoms with Gasteiger partial charge in [0.1, 0.15) is 17.9 Å². The van der Waals surface area contributed by atoms with Crippen LogP contribution >= 0.6 is 0 Å². The molecular weight excluding hydrogens is 387 g/mol. The zero-order valence-corrected chi connectivity index (χ0v) is 16.0. The molecule has 2 aliphatic heterocycles. The Morgan fingerprint density at radius 3 is 2.66 bits per heavy atom. The summed E-state index contributed by atoms with van der Waals surface area (Å²) in [6.07, 6.45) is 0.613. The van der Waals surface area contributed by atoms with Crippen LogP contribution in [-0.4, -0.2) is 69.3 Å². The molecule has 2 aromatic rings. The number of rotatable bonds is 5. The number of halogens is 3. The molecule has 2 aliphatic rings. The number of nitrogens with one attached hydrogen (secondary N) is 1. The molecule has 2 fully saturated rings. The number of piperazine rings is 1. The average Bonchev–Trinajstić information content (AvgIpc) is 3.16. The van der Waals surface area contributed by atoms with E-state index in [4.69, 9.17) is 0 Å². The lowest BCUT2D eigenvalue weighted by Crippen LogP contribution is -2.47. The summed E-state index contributed by atoms with van der Waals surface area (Å²) in [5.41, 5.74) is -0.923. The normalized spacial score (nSPS) is 19.6. The monoisotopic (exact) mass is 409 g/mol. The quantitative estimate of drug-likeness (QED) is 0.805. The van der Waals surface area contributed by atoms with E-state index in [9.17, 15) is 18.0 Å². The highest BCUT2D eigenvalue weighted by Crippen LogP contribution is 2.32. The predicted octanol–water partition coefficient (Wildman–Crippen LogP) is 1.45. The zero-order valence-electron chi connectivity index (χ0n) is 16.0. The minimum Gasteiger partial charge on any atom is -0.339 e. The topological polar surface area (TPSA) is 79.2 Å². The Hall–Kier alpha value is -2.69. The third-order valence-corrected chi connectivity index (χ3v) is 5.32. The molecule has 4 heterocycles. The molecule has 156 valence electrons. The van der Waals surface area contributed by atoms with Crippen LogP contribution in [0.5, 0.6) is 0 Å². The number of carbonyl (C=O) groups is 1. The van der Waals surface area contributed by atoms with Crippen LogP contribution in [0.4, 0.5) is 19.1 Å². The number of aromatic nitrogens is 4. The number of alkyl halides is 2. The van der Waals surface area contributed by atoms with Gasteiger partial charge >= 0.3 is 0 Å². The molecule has 1 amide bonds. The van der Waals surface area contributed by atoms with Crippen LogP contribution in [0.2, 0.25) is 0 Å². The van der Waals surface area contributed by atoms with Gasteiger partial charge in [-0.15, -0.1) is 0 Å². The fourth-order valence-corrected chi connectivity index (χ4v) is 3.46. The first-order chi connectivity index (χ1) is 13.9. The van der Waals surface area contributed by atoms with Crippen LogP contribution in [0, 0.1) is 5.82 Å². The number of hydrogen-bond acceptors (Lipinski definition) is 6. The molecule has 0 unspecified atom stereocenters. The van der Waals surface area contributed by atoms with Gasteiger partial charge in [-0.3, -0.25) is 9.48 Å². The molecule has 0 bridgehead atoms. The van der Waals surface area contributed by atoms with Crippen molar-refractivity contribution in [2.24, 2.45) is 0 Å². The first-order valence-electron chi connectivity index (χ1n) is 9.57. The van der Waals surface area contributed by atoms with Crippen molar-refractivity contribution in [2.75, 3.05) is 37.6 Å². The summed E-state index contributed by atoms with van der Waals surface area (Å²) in [6, 6.07) is 0.109. The Balaban J connectivity index is 1.60. The number of carbonyl (C=O) groups excluding carboxylic acids is 1. The van der Waals surface area contributed by atoms with Gasteiger partial charge in [-0.25, -0.2) is 23.1 Å². The highest BCUT2D eigenvalue weighted by molar-refractivity contribution is 5.76. The standard InChI is InChI=1S/C18H22F3N7O/c1-11-2-5-28(11)18-24-15(14(19)16(25-18)17(20)21)12-8-23-27(9-12)10-13(29)26-6-3-22-4-7-26/h8-9,11,17,22H,2-7,10H2,1H3/t11-/m0/s1. The average molecular weight is 409 g/mol. The summed E-state index contributed by atoms with van der Waals surface area (Å²) in [7, 11) is 0. The molecule has 0 aliphatic carbocycles. The maximum atomic E-state index is 14.7. The summed E-state index contributed by atoms with van der Waals surface area (Å²) in [6.45, 7) is 5.24. The minimum absolute atomic E-state index is 0.00950. The van der Waals surface area contributed by atoms with Gasteiger partial charge in [0.05, 0.1) is 6.20 Å². The summed E-state index contributed by atoms with van der Waals surface area (Å²) < 4.78 is 42.8. The number of amides is 1. The van der Waals surface area contributed by atoms with Gasteiger partial charge in [-0.2, -0.15) is 5.10 Å². The smallest absolute Gasteiger partial charge is 0.283 e. The maximum absolute atomic E-state index is 14.7. The van der Waals surface area contributed by atoms with E-state index in [1.807, 2.05) is 6.92 Å². The van der Waals surface area contributed by atoms with Gasteiger partial charge in [0.2, 0.25) is 11.9 Å². The van der Waals surface area contributed by atoms with Crippen LogP contribution in [0.1, 0.15) is 25.5 Å². The molecule has 29 heavy (non-hydrogen) atoms. The highest BCUT2D eigenvalue weighted by atomic mass is 19.3. The zero-order chi connectivity index (χ0) is 20.5. The van der Waals surface area contributed by atoms with Gasteiger partial charge in [0.15, 0.2) is 5.82 Å². The van der Waals surface area contributed by atoms with E-state index in [1.54, 1.807) is 9.80 Å². The molecule has 2 saturated heterocycles. The van der Waals surface area contributed by atoms with E-state index in [-0.39, 0.29) is 35.7 Å². The molecule has 8 nitrogen and oxygen atoms in total. The first kappa shape index (κ1) is 19.6. The molecule has 0 spiro atoms. The molecule has 1 N–H and O–H groups in total. The van der Waals surface area contributed by atoms with E-state index in [2.05, 4.69) is 20.4 Å². The van der Waals surface area contributed by atoms with E-state index in [1.165, 1.54) is 17.1 Å². The van der Waals surface area contributed by atoms with Crippen LogP contribution < -0.4 is 10.2 Å². The summed E-state index contributed by atoms with van der Waals surface area (Å²) in [5.74, 6) is -1.18. The molecule has 1 atom stereocenters. The Morgan fingerprint density at radius 2 is 2.03 bits per heavy atom. The lowest BCUT2D eigenvalue weighted by molar-refractivity contribution is -0.132. The third kappa shape index (κ3) is 3.91. The highest BCUT2D eigenvalue weighted by Gasteiger charge is 2.30. The second kappa shape index (κ2) is 7.97. The van der Waals surface area contributed by atoms with Gasteiger partial charge in [0.25, 0.3) is 6.43 Å². The van der Waals surface area contributed by atoms with Crippen molar-refractivity contribution in [3.05, 3.63) is 23.9 Å². The molecule has 11 heteroatoms. The van der Waals surface area contributed by atoms with Crippen molar-refractivity contribution in [3.8, 4) is 11.3 Å². The summed E-state index contributed by atoms with van der Waals surface area (Å²) in [4.78, 5) is 23.8. The number of anilines is 1. The third-order valence-electron chi connectivity index (χ3n) is 5.32. The number of hydrogen-bond donors (Lipinski definition) is 1. The van der Waals surface area contributed by atoms with E-state index < -0.39 is 17.9 Å². The fraction of sp³-hybridized carbons (Fsp3) is 0.556. The molecule has 0 saturated carbocycles. The Labute approximate surface area is 165 Å². The summed E-state index contributed by atoms with van der Waals surface area (Å²) in [5, 5.41) is 7.26. The largest absolute Gasteiger partial charge is 0.339 e. The second-order valence-corrected chi connectivity index (χ2v) is 7.26. The second-order valence-electron chi connectivity index (χ2n) is 7.26. The maximum Gasteiger partial charge on any atom is 0.283 e. The number of nitrogens with zero attached hydrogens (tertiary/aromatic N) is 6. The van der Waals surface area contributed by atoms with Crippen LogP contribution in [0.25, 0.3) is 11.3 Å². The molecule has 0 aromatic carbocycles. The molecule has 0 radical (unpaired) electrons. The van der Waals surface area contributed by atoms with Crippen LogP contribution in [0.15, 0.2) is 12.4 Å². The molecule has 4 rings (SSSR count). The summed E-state index contributed by atoms with van der Waals surface area (Å²) >= 11 is 0. The van der Waals surface area contributed by atoms with Crippen molar-refractivity contribution >= 4 is 11.9 Å². The van der Waals surface area contributed by atoms with Crippen molar-refractivity contribution in [3.63, 3.8) is 0 Å². The fourth-order valence-electron chi connectivity index (χ4n) is 3.46. The molecule has 2 aromatic heterocycles. The van der Waals surface area contributed by atoms with E-state index >= 15 is 0 Å². The van der Waals surface area contributed by atoms with Crippen molar-refractivity contribution in [1.82, 2.24) is 30.0 Å². The van der Waals surface area contributed by atoms with Crippen molar-refractivity contribution in [2.45, 2.75) is 32.4 Å². The predicted molar refractivity (Wildman–Crippen MR) is 99.0 cm³/mol. The minimum atomic E-state index is -3.06. The van der Waals surface area contributed by atoms with E-state index in [0.29, 0.717) is 19.6 Å². The van der Waals surface area contributed by atoms with Gasteiger partial charge in [-0.1, -0.05) is 0 Å². The van der Waals surface area contributed by atoms with Crippen molar-refractivity contribution in [1.29, 1.82) is 0 Å². The SMILES string of the molecule is C[C@H]1CCN1c1nc(-c2cnn(CC(=O)N3CCNCC3)c2)c(F)c(C(F)F)n1. The lowest BCUT2D eigenvalue weighted by atomic mass is 10.1. The van der Waals surface area contributed by atoms with Gasteiger partial charge < -0.3 is 15.1 Å². The van der Waals surface area contributed by atoms with Crippen LogP contribution in [0.3, 0.4) is 0 Å². The van der Waals surface area contributed by atoms with E-state index in [0.717, 1.165) is 19.5 Å². The van der Waals surface area contributed by atoms with Crippen molar-refractivity contribution < 1.29 is 18.0 Å². The lowest BCUT2D eigenvalue weighted by Gasteiger charge is -2.38. The Morgan fingerprint density at radius 1 is 1.28 bits per heavy atom. The Bertz CT molecular complexity index is 898. The Kier molecular flexibility index (Phi) is 5.39.